The number of carboxylic acids is 1. The van der Waals surface area contributed by atoms with E-state index in [9.17, 15) is 53.3 Å². The second kappa shape index (κ2) is 12.8. The van der Waals surface area contributed by atoms with Crippen LogP contribution in [0.4, 0.5) is 14.9 Å². The summed E-state index contributed by atoms with van der Waals surface area (Å²) in [6, 6.07) is 6.18. The number of piperidine rings is 1. The lowest BCUT2D eigenvalue weighted by molar-refractivity contribution is 0.0694. The molecule has 3 heterocycles. The van der Waals surface area contributed by atoms with E-state index in [4.69, 9.17) is 4.74 Å². The van der Waals surface area contributed by atoms with Crippen LogP contribution in [-0.4, -0.2) is 88.3 Å². The van der Waals surface area contributed by atoms with Gasteiger partial charge < -0.3 is 48.9 Å². The molecular formula is C30H34FN3O12P2S. The molecule has 1 saturated carbocycles. The summed E-state index contributed by atoms with van der Waals surface area (Å²) in [5.41, 5.74) is -0.793. The summed E-state index contributed by atoms with van der Waals surface area (Å²) in [5.74, 6) is -2.05. The Morgan fingerprint density at radius 3 is 2.29 bits per heavy atom. The largest absolute Gasteiger partial charge is 0.492 e. The molecule has 1 aliphatic carbocycles. The van der Waals surface area contributed by atoms with Crippen LogP contribution in [0.5, 0.6) is 5.75 Å². The molecule has 2 atom stereocenters. The summed E-state index contributed by atoms with van der Waals surface area (Å²) in [6.07, 6.45) is 3.26. The maximum absolute atomic E-state index is 16.0. The Morgan fingerprint density at radius 2 is 1.71 bits per heavy atom. The molecule has 0 bridgehead atoms. The Hall–Kier alpha value is -3.27. The molecule has 3 aliphatic rings. The molecule has 0 spiro atoms. The lowest BCUT2D eigenvalue weighted by Gasteiger charge is -2.36. The SMILES string of the molecule is COc1c(N2C[C@H]3CCCN(C(=O)Sc4ccc(CC(O)(P(=O)(O)O)P(=O)(O)O)cc4)[C@H]3C2)c(F)cc2c(=O)c(C(=O)O)cn(C3CC3)c12. The van der Waals surface area contributed by atoms with Gasteiger partial charge in [-0.25, -0.2) is 9.18 Å². The van der Waals surface area contributed by atoms with Gasteiger partial charge in [-0.05, 0) is 67.1 Å². The van der Waals surface area contributed by atoms with Gasteiger partial charge in [-0.15, -0.1) is 0 Å². The second-order valence-corrected chi connectivity index (χ2v) is 17.6. The van der Waals surface area contributed by atoms with Crippen molar-refractivity contribution < 1.29 is 57.6 Å². The standard InChI is InChI=1S/C30H34FN3O12P2S/c1-46-27-24-20(26(35)21(28(36)37)14-34(24)18-6-7-18)11-22(31)25(27)32-13-17-3-2-10-33(23(17)15-32)29(38)49-19-8-4-16(5-9-19)12-30(39,47(40,41)42)48(43,44)45/h4-5,8-9,11,14,17-18,23,39H,2-3,6-7,10,12-13,15H2,1H3,(H,36,37)(H2,40,41,42)(H2,43,44,45)/t17-,23+/m1/s1. The number of halogens is 1. The van der Waals surface area contributed by atoms with Crippen LogP contribution in [0.2, 0.25) is 0 Å². The first-order valence-electron chi connectivity index (χ1n) is 15.3. The van der Waals surface area contributed by atoms with E-state index < -0.39 is 49.5 Å². The molecule has 3 fully saturated rings. The van der Waals surface area contributed by atoms with Gasteiger partial charge in [0.15, 0.2) is 11.6 Å². The molecule has 49 heavy (non-hydrogen) atoms. The van der Waals surface area contributed by atoms with Crippen molar-refractivity contribution >= 4 is 54.8 Å². The quantitative estimate of drug-likeness (QED) is 0.136. The predicted molar refractivity (Wildman–Crippen MR) is 176 cm³/mol. The van der Waals surface area contributed by atoms with Crippen LogP contribution in [0.15, 0.2) is 46.2 Å². The van der Waals surface area contributed by atoms with Gasteiger partial charge in [-0.2, -0.15) is 0 Å². The molecule has 3 aromatic rings. The minimum atomic E-state index is -5.64. The van der Waals surface area contributed by atoms with Crippen molar-refractivity contribution in [3.63, 3.8) is 0 Å². The first-order valence-corrected chi connectivity index (χ1v) is 19.3. The van der Waals surface area contributed by atoms with Gasteiger partial charge in [0, 0.05) is 43.2 Å². The maximum Gasteiger partial charge on any atom is 0.369 e. The van der Waals surface area contributed by atoms with Gasteiger partial charge in [0.05, 0.1) is 24.1 Å². The van der Waals surface area contributed by atoms with Crippen LogP contribution in [0, 0.1) is 11.7 Å². The van der Waals surface area contributed by atoms with Gasteiger partial charge in [0.2, 0.25) is 5.43 Å². The number of anilines is 1. The van der Waals surface area contributed by atoms with Gasteiger partial charge in [0.25, 0.3) is 10.3 Å². The van der Waals surface area contributed by atoms with E-state index in [-0.39, 0.29) is 52.2 Å². The smallest absolute Gasteiger partial charge is 0.369 e. The number of aromatic carboxylic acids is 1. The van der Waals surface area contributed by atoms with E-state index in [0.717, 1.165) is 37.1 Å². The molecular weight excluding hydrogens is 707 g/mol. The number of ether oxygens (including phenoxy) is 1. The lowest BCUT2D eigenvalue weighted by atomic mass is 9.93. The number of amides is 1. The van der Waals surface area contributed by atoms with Crippen molar-refractivity contribution in [3.05, 3.63) is 63.7 Å². The third-order valence-electron chi connectivity index (χ3n) is 9.41. The van der Waals surface area contributed by atoms with Crippen molar-refractivity contribution in [2.24, 2.45) is 5.92 Å². The normalized spacial score (nSPS) is 20.1. The van der Waals surface area contributed by atoms with Crippen molar-refractivity contribution in [1.82, 2.24) is 9.47 Å². The zero-order valence-electron chi connectivity index (χ0n) is 26.0. The van der Waals surface area contributed by atoms with E-state index in [1.54, 1.807) is 14.4 Å². The number of likely N-dealkylation sites (tertiary alicyclic amines) is 1. The third-order valence-corrected chi connectivity index (χ3v) is 14.1. The summed E-state index contributed by atoms with van der Waals surface area (Å²) >= 11 is 0.878. The number of hydrogen-bond donors (Lipinski definition) is 6. The van der Waals surface area contributed by atoms with Crippen LogP contribution < -0.4 is 15.1 Å². The average Bonchev–Trinajstić information content (AvgIpc) is 3.78. The van der Waals surface area contributed by atoms with Crippen LogP contribution in [0.3, 0.4) is 0 Å². The van der Waals surface area contributed by atoms with Gasteiger partial charge in [0.1, 0.15) is 11.3 Å². The van der Waals surface area contributed by atoms with E-state index in [1.807, 2.05) is 0 Å². The molecule has 15 nitrogen and oxygen atoms in total. The number of aromatic nitrogens is 1. The van der Waals surface area contributed by atoms with Crippen LogP contribution in [0.25, 0.3) is 10.9 Å². The number of rotatable bonds is 9. The molecule has 2 aliphatic heterocycles. The Kier molecular flexibility index (Phi) is 9.29. The van der Waals surface area contributed by atoms with E-state index >= 15 is 4.39 Å². The number of hydrogen-bond acceptors (Lipinski definition) is 9. The van der Waals surface area contributed by atoms with E-state index in [1.165, 1.54) is 37.6 Å². The van der Waals surface area contributed by atoms with Crippen molar-refractivity contribution in [1.29, 1.82) is 0 Å². The summed E-state index contributed by atoms with van der Waals surface area (Å²) in [5, 5.41) is 15.9. The number of fused-ring (bicyclic) bond motifs is 2. The molecule has 6 rings (SSSR count). The lowest BCUT2D eigenvalue weighted by Crippen LogP contribution is -2.47. The van der Waals surface area contributed by atoms with Crippen LogP contribution in [-0.2, 0) is 15.6 Å². The topological polar surface area (TPSA) is 227 Å². The molecule has 0 unspecified atom stereocenters. The minimum absolute atomic E-state index is 0.0153. The van der Waals surface area contributed by atoms with Gasteiger partial charge in [-0.1, -0.05) is 12.1 Å². The molecule has 2 aromatic carbocycles. The molecule has 1 amide bonds. The van der Waals surface area contributed by atoms with Crippen LogP contribution >= 0.6 is 27.0 Å². The third kappa shape index (κ3) is 6.43. The highest BCUT2D eigenvalue weighted by Crippen LogP contribution is 2.68. The van der Waals surface area contributed by atoms with Crippen molar-refractivity contribution in [3.8, 4) is 5.75 Å². The van der Waals surface area contributed by atoms with E-state index in [2.05, 4.69) is 0 Å². The zero-order valence-corrected chi connectivity index (χ0v) is 28.6. The highest BCUT2D eigenvalue weighted by atomic mass is 32.2. The Labute approximate surface area is 282 Å². The molecule has 1 aromatic heterocycles. The molecule has 19 heteroatoms. The van der Waals surface area contributed by atoms with Crippen LogP contribution in [0.1, 0.15) is 47.6 Å². The monoisotopic (exact) mass is 741 g/mol. The number of benzene rings is 2. The number of pyridine rings is 1. The number of carbonyl (C=O) groups is 2. The number of aliphatic hydroxyl groups is 1. The van der Waals surface area contributed by atoms with Gasteiger partial charge >= 0.3 is 21.2 Å². The fourth-order valence-corrected chi connectivity index (χ4v) is 9.75. The molecule has 0 radical (unpaired) electrons. The number of methoxy groups -OCH3 is 1. The Morgan fingerprint density at radius 1 is 1.06 bits per heavy atom. The minimum Gasteiger partial charge on any atom is -0.492 e. The van der Waals surface area contributed by atoms with Crippen molar-refractivity contribution in [2.45, 2.75) is 54.2 Å². The zero-order chi connectivity index (χ0) is 35.6. The Bertz CT molecular complexity index is 1970. The number of carboxylic acid groups (broad SMARTS) is 1. The highest BCUT2D eigenvalue weighted by molar-refractivity contribution is 8.13. The predicted octanol–water partition coefficient (Wildman–Crippen LogP) is 3.54. The first kappa shape index (κ1) is 35.6. The number of nitrogens with zero attached hydrogens (tertiary/aromatic N) is 3. The molecule has 6 N–H and O–H groups in total. The number of carbonyl (C=O) groups excluding carboxylic acids is 1. The highest BCUT2D eigenvalue weighted by Gasteiger charge is 2.59. The van der Waals surface area contributed by atoms with E-state index in [0.29, 0.717) is 29.9 Å². The maximum atomic E-state index is 16.0. The molecule has 2 saturated heterocycles. The first-order chi connectivity index (χ1) is 22.9. The number of thioether (sulfide) groups is 1. The fourth-order valence-electron chi connectivity index (χ4n) is 6.80. The Balaban J connectivity index is 1.24. The molecule has 264 valence electrons. The van der Waals surface area contributed by atoms with Gasteiger partial charge in [-0.3, -0.25) is 18.7 Å². The van der Waals surface area contributed by atoms with Crippen molar-refractivity contribution in [2.75, 3.05) is 31.6 Å². The summed E-state index contributed by atoms with van der Waals surface area (Å²) in [6.45, 7) is 1.10. The fraction of sp³-hybridized carbons (Fsp3) is 0.433. The second-order valence-electron chi connectivity index (χ2n) is 12.6. The summed E-state index contributed by atoms with van der Waals surface area (Å²) in [7, 11) is -9.92. The summed E-state index contributed by atoms with van der Waals surface area (Å²) < 4.78 is 46.8. The summed E-state index contributed by atoms with van der Waals surface area (Å²) in [4.78, 5) is 80.2. The average molecular weight is 742 g/mol.